The summed E-state index contributed by atoms with van der Waals surface area (Å²) < 4.78 is 0. The second-order valence-electron chi connectivity index (χ2n) is 6.31. The van der Waals surface area contributed by atoms with E-state index >= 15 is 0 Å². The average Bonchev–Trinajstić information content (AvgIpc) is 2.63. The fourth-order valence-electron chi connectivity index (χ4n) is 2.98. The van der Waals surface area contributed by atoms with Crippen molar-refractivity contribution in [2.75, 3.05) is 22.9 Å². The van der Waals surface area contributed by atoms with Crippen molar-refractivity contribution < 1.29 is 0 Å². The number of hydrogen-bond donors (Lipinski definition) is 3. The van der Waals surface area contributed by atoms with E-state index in [1.807, 2.05) is 25.1 Å². The Labute approximate surface area is 153 Å². The van der Waals surface area contributed by atoms with Gasteiger partial charge in [0, 0.05) is 17.3 Å². The number of allylic oxidation sites excluding steroid dienone is 1. The molecule has 132 valence electrons. The van der Waals surface area contributed by atoms with Gasteiger partial charge in [0.1, 0.15) is 12.0 Å². The molecule has 1 heterocycles. The summed E-state index contributed by atoms with van der Waals surface area (Å²) in [5.74, 6) is 1.24. The third-order valence-corrected chi connectivity index (χ3v) is 4.94. The fraction of sp³-hybridized carbons (Fsp3) is 0.368. The summed E-state index contributed by atoms with van der Waals surface area (Å²) in [7, 11) is 0. The van der Waals surface area contributed by atoms with Gasteiger partial charge in [0.05, 0.1) is 0 Å². The molecule has 0 saturated heterocycles. The van der Waals surface area contributed by atoms with E-state index < -0.39 is 0 Å². The quantitative estimate of drug-likeness (QED) is 0.629. The first-order valence-electron chi connectivity index (χ1n) is 8.69. The van der Waals surface area contributed by atoms with Gasteiger partial charge in [-0.25, -0.2) is 9.97 Å². The third kappa shape index (κ3) is 4.42. The minimum Gasteiger partial charge on any atom is -0.393 e. The second kappa shape index (κ2) is 8.21. The molecule has 0 fully saturated rings. The summed E-state index contributed by atoms with van der Waals surface area (Å²) in [4.78, 5) is 8.53. The van der Waals surface area contributed by atoms with E-state index in [9.17, 15) is 0 Å². The molecule has 0 saturated carbocycles. The lowest BCUT2D eigenvalue weighted by Gasteiger charge is -2.15. The van der Waals surface area contributed by atoms with E-state index in [2.05, 4.69) is 26.7 Å². The zero-order chi connectivity index (χ0) is 17.6. The Bertz CT molecular complexity index is 772. The van der Waals surface area contributed by atoms with Gasteiger partial charge < -0.3 is 16.4 Å². The van der Waals surface area contributed by atoms with Crippen molar-refractivity contribution in [3.8, 4) is 0 Å². The van der Waals surface area contributed by atoms with Crippen LogP contribution in [0.5, 0.6) is 0 Å². The van der Waals surface area contributed by atoms with Gasteiger partial charge in [-0.3, -0.25) is 0 Å². The van der Waals surface area contributed by atoms with Crippen LogP contribution in [-0.4, -0.2) is 16.5 Å². The van der Waals surface area contributed by atoms with E-state index in [0.717, 1.165) is 24.2 Å². The van der Waals surface area contributed by atoms with Crippen LogP contribution in [-0.2, 0) is 0 Å². The Hall–Kier alpha value is -2.27. The number of nitrogens with two attached hydrogens (primary N) is 1. The molecule has 0 amide bonds. The van der Waals surface area contributed by atoms with E-state index in [-0.39, 0.29) is 0 Å². The molecular formula is C19H24ClN5. The maximum Gasteiger partial charge on any atom is 0.159 e. The molecule has 3 rings (SSSR count). The van der Waals surface area contributed by atoms with Crippen LogP contribution in [0.3, 0.4) is 0 Å². The number of hydrogen-bond acceptors (Lipinski definition) is 5. The number of nitrogens with one attached hydrogen (secondary N) is 2. The van der Waals surface area contributed by atoms with Gasteiger partial charge in [-0.2, -0.15) is 0 Å². The molecule has 0 aliphatic heterocycles. The molecule has 0 bridgehead atoms. The van der Waals surface area contributed by atoms with Crippen LogP contribution in [0, 0.1) is 6.92 Å². The highest BCUT2D eigenvalue weighted by Gasteiger charge is 2.11. The number of rotatable bonds is 6. The molecule has 0 atom stereocenters. The van der Waals surface area contributed by atoms with E-state index in [0.29, 0.717) is 22.3 Å². The number of nitrogen functional groups attached to an aromatic ring is 1. The highest BCUT2D eigenvalue weighted by Crippen LogP contribution is 2.30. The smallest absolute Gasteiger partial charge is 0.159 e. The summed E-state index contributed by atoms with van der Waals surface area (Å²) in [6.07, 6.45) is 9.94. The Morgan fingerprint density at radius 1 is 1.20 bits per heavy atom. The SMILES string of the molecule is Cc1c(Cl)cccc1Nc1ncnc(NCCC2=CCCCC2)c1N. The van der Waals surface area contributed by atoms with Crippen LogP contribution < -0.4 is 16.4 Å². The van der Waals surface area contributed by atoms with Crippen molar-refractivity contribution in [1.82, 2.24) is 9.97 Å². The maximum absolute atomic E-state index is 6.24. The van der Waals surface area contributed by atoms with Gasteiger partial charge >= 0.3 is 0 Å². The zero-order valence-corrected chi connectivity index (χ0v) is 15.2. The maximum atomic E-state index is 6.24. The van der Waals surface area contributed by atoms with E-state index in [1.165, 1.54) is 37.6 Å². The Kier molecular flexibility index (Phi) is 5.76. The number of anilines is 4. The summed E-state index contributed by atoms with van der Waals surface area (Å²) in [5.41, 5.74) is 10.1. The van der Waals surface area contributed by atoms with Gasteiger partial charge in [-0.05, 0) is 56.7 Å². The van der Waals surface area contributed by atoms with Crippen molar-refractivity contribution in [2.45, 2.75) is 39.0 Å². The molecule has 6 heteroatoms. The highest BCUT2D eigenvalue weighted by atomic mass is 35.5. The minimum absolute atomic E-state index is 0.513. The van der Waals surface area contributed by atoms with Gasteiger partial charge in [0.25, 0.3) is 0 Å². The van der Waals surface area contributed by atoms with Crippen molar-refractivity contribution in [3.05, 3.63) is 46.8 Å². The van der Waals surface area contributed by atoms with Crippen molar-refractivity contribution >= 4 is 34.6 Å². The first kappa shape index (κ1) is 17.5. The van der Waals surface area contributed by atoms with Crippen LogP contribution in [0.2, 0.25) is 5.02 Å². The van der Waals surface area contributed by atoms with Crippen molar-refractivity contribution in [3.63, 3.8) is 0 Å². The molecule has 1 aromatic carbocycles. The van der Waals surface area contributed by atoms with E-state index in [1.54, 1.807) is 0 Å². The third-order valence-electron chi connectivity index (χ3n) is 4.53. The highest BCUT2D eigenvalue weighted by molar-refractivity contribution is 6.31. The fourth-order valence-corrected chi connectivity index (χ4v) is 3.15. The van der Waals surface area contributed by atoms with Crippen LogP contribution in [0.15, 0.2) is 36.2 Å². The lowest BCUT2D eigenvalue weighted by Crippen LogP contribution is -2.10. The molecule has 1 aromatic heterocycles. The molecule has 25 heavy (non-hydrogen) atoms. The molecule has 1 aliphatic carbocycles. The Morgan fingerprint density at radius 2 is 2.04 bits per heavy atom. The van der Waals surface area contributed by atoms with Gasteiger partial charge in [0.15, 0.2) is 11.6 Å². The average molecular weight is 358 g/mol. The molecule has 4 N–H and O–H groups in total. The van der Waals surface area contributed by atoms with Gasteiger partial charge in [0.2, 0.25) is 0 Å². The zero-order valence-electron chi connectivity index (χ0n) is 14.5. The number of nitrogens with zero attached hydrogens (tertiary/aromatic N) is 2. The molecule has 1 aliphatic rings. The molecule has 0 radical (unpaired) electrons. The van der Waals surface area contributed by atoms with Crippen LogP contribution >= 0.6 is 11.6 Å². The molecule has 5 nitrogen and oxygen atoms in total. The number of aromatic nitrogens is 2. The summed E-state index contributed by atoms with van der Waals surface area (Å²) in [5, 5.41) is 7.28. The normalized spacial score (nSPS) is 14.1. The van der Waals surface area contributed by atoms with Crippen LogP contribution in [0.25, 0.3) is 0 Å². The van der Waals surface area contributed by atoms with Gasteiger partial charge in [-0.1, -0.05) is 29.3 Å². The van der Waals surface area contributed by atoms with Crippen molar-refractivity contribution in [2.24, 2.45) is 0 Å². The summed E-state index contributed by atoms with van der Waals surface area (Å²) in [6.45, 7) is 2.78. The molecular weight excluding hydrogens is 334 g/mol. The predicted molar refractivity (Wildman–Crippen MR) is 106 cm³/mol. The first-order valence-corrected chi connectivity index (χ1v) is 9.07. The Morgan fingerprint density at radius 3 is 2.84 bits per heavy atom. The minimum atomic E-state index is 0.513. The summed E-state index contributed by atoms with van der Waals surface area (Å²) in [6, 6.07) is 5.70. The Balaban J connectivity index is 1.67. The standard InChI is InChI=1S/C19H24ClN5/c1-13-15(20)8-5-9-16(13)25-19-17(21)18(23-12-24-19)22-11-10-14-6-3-2-4-7-14/h5-6,8-9,12H,2-4,7,10-11,21H2,1H3,(H2,22,23,24,25). The monoisotopic (exact) mass is 357 g/mol. The largest absolute Gasteiger partial charge is 0.393 e. The molecule has 2 aromatic rings. The lowest BCUT2D eigenvalue weighted by atomic mass is 9.97. The van der Waals surface area contributed by atoms with Crippen LogP contribution in [0.4, 0.5) is 23.0 Å². The van der Waals surface area contributed by atoms with Gasteiger partial charge in [-0.15, -0.1) is 0 Å². The van der Waals surface area contributed by atoms with Crippen LogP contribution in [0.1, 0.15) is 37.7 Å². The first-order chi connectivity index (χ1) is 12.1. The molecule has 0 unspecified atom stereocenters. The number of benzene rings is 1. The number of halogens is 1. The topological polar surface area (TPSA) is 75.9 Å². The van der Waals surface area contributed by atoms with E-state index in [4.69, 9.17) is 17.3 Å². The summed E-state index contributed by atoms with van der Waals surface area (Å²) >= 11 is 6.17. The van der Waals surface area contributed by atoms with Crippen molar-refractivity contribution in [1.29, 1.82) is 0 Å². The second-order valence-corrected chi connectivity index (χ2v) is 6.71. The molecule has 0 spiro atoms. The lowest BCUT2D eigenvalue weighted by molar-refractivity contribution is 0.679. The predicted octanol–water partition coefficient (Wildman–Crippen LogP) is 5.07.